The van der Waals surface area contributed by atoms with Crippen molar-refractivity contribution in [2.75, 3.05) is 0 Å². The quantitative estimate of drug-likeness (QED) is 0.458. The molecule has 0 saturated heterocycles. The lowest BCUT2D eigenvalue weighted by Crippen LogP contribution is -2.19. The largest absolute Gasteiger partial charge is 0.120 e. The second-order valence-electron chi connectivity index (χ2n) is 4.09. The molecule has 0 spiro atoms. The summed E-state index contributed by atoms with van der Waals surface area (Å²) in [5, 5.41) is 0. The summed E-state index contributed by atoms with van der Waals surface area (Å²) >= 11 is 0. The third-order valence-corrected chi connectivity index (χ3v) is 2.89. The van der Waals surface area contributed by atoms with Crippen LogP contribution in [0.3, 0.4) is 0 Å². The van der Waals surface area contributed by atoms with Gasteiger partial charge in [-0.05, 0) is 12.1 Å². The highest BCUT2D eigenvalue weighted by Crippen LogP contribution is 2.18. The highest BCUT2D eigenvalue weighted by Gasteiger charge is 2.14. The summed E-state index contributed by atoms with van der Waals surface area (Å²) in [6.45, 7) is 6.94. The molecule has 0 aliphatic heterocycles. The topological polar surface area (TPSA) is 0 Å². The van der Waals surface area contributed by atoms with E-state index in [0.717, 1.165) is 6.04 Å². The summed E-state index contributed by atoms with van der Waals surface area (Å²) in [6.07, 6.45) is 13.0. The van der Waals surface area contributed by atoms with Crippen LogP contribution in [0.5, 0.6) is 0 Å². The van der Waals surface area contributed by atoms with Gasteiger partial charge >= 0.3 is 0 Å². The summed E-state index contributed by atoms with van der Waals surface area (Å²) < 4.78 is 0. The van der Waals surface area contributed by atoms with Gasteiger partial charge in [0.2, 0.25) is 0 Å². The van der Waals surface area contributed by atoms with E-state index >= 15 is 0 Å². The van der Waals surface area contributed by atoms with E-state index in [1.165, 1.54) is 5.57 Å². The Bertz CT molecular complexity index is 240. The highest BCUT2D eigenvalue weighted by atomic mass is 28.3. The second-order valence-corrected chi connectivity index (χ2v) is 9.56. The SMILES string of the molecule is C#C/C=C(\CC#C)C[Si](C)(C)C. The van der Waals surface area contributed by atoms with Crippen LogP contribution in [-0.4, -0.2) is 8.07 Å². The zero-order valence-electron chi connectivity index (χ0n) is 8.15. The molecule has 64 valence electrons. The predicted octanol–water partition coefficient (Wildman–Crippen LogP) is 2.91. The molecule has 0 aromatic rings. The molecule has 0 aromatic heterocycles. The first-order valence-electron chi connectivity index (χ1n) is 4.07. The fourth-order valence-corrected chi connectivity index (χ4v) is 2.68. The highest BCUT2D eigenvalue weighted by molar-refractivity contribution is 6.76. The predicted molar refractivity (Wildman–Crippen MR) is 58.5 cm³/mol. The fraction of sp³-hybridized carbons (Fsp3) is 0.455. The lowest BCUT2D eigenvalue weighted by molar-refractivity contribution is 1.21. The van der Waals surface area contributed by atoms with Crippen molar-refractivity contribution in [1.82, 2.24) is 0 Å². The number of rotatable bonds is 3. The van der Waals surface area contributed by atoms with E-state index < -0.39 is 8.07 Å². The van der Waals surface area contributed by atoms with Gasteiger partial charge in [0.05, 0.1) is 0 Å². The molecule has 0 rings (SSSR count). The molecule has 1 heteroatoms. The van der Waals surface area contributed by atoms with Gasteiger partial charge in [0.25, 0.3) is 0 Å². The zero-order chi connectivity index (χ0) is 9.61. The minimum atomic E-state index is -1.05. The molecule has 0 nitrogen and oxygen atoms in total. The van der Waals surface area contributed by atoms with Gasteiger partial charge in [0.15, 0.2) is 0 Å². The lowest BCUT2D eigenvalue weighted by Gasteiger charge is -2.16. The normalized spacial score (nSPS) is 11.9. The molecular formula is C11H16Si. The Hall–Kier alpha value is -0.923. The van der Waals surface area contributed by atoms with Crippen LogP contribution >= 0.6 is 0 Å². The van der Waals surface area contributed by atoms with Crippen LogP contribution in [0.25, 0.3) is 0 Å². The minimum Gasteiger partial charge on any atom is -0.120 e. The van der Waals surface area contributed by atoms with Crippen molar-refractivity contribution in [2.45, 2.75) is 32.1 Å². The smallest absolute Gasteiger partial charge is 0.0484 e. The monoisotopic (exact) mass is 176 g/mol. The van der Waals surface area contributed by atoms with Crippen molar-refractivity contribution in [1.29, 1.82) is 0 Å². The number of terminal acetylenes is 2. The Morgan fingerprint density at radius 3 is 2.25 bits per heavy atom. The van der Waals surface area contributed by atoms with E-state index in [-0.39, 0.29) is 0 Å². The first-order valence-corrected chi connectivity index (χ1v) is 7.78. The van der Waals surface area contributed by atoms with E-state index in [0.29, 0.717) is 6.42 Å². The Morgan fingerprint density at radius 1 is 1.33 bits per heavy atom. The third kappa shape index (κ3) is 5.83. The molecule has 0 heterocycles. The number of hydrogen-bond donors (Lipinski definition) is 0. The van der Waals surface area contributed by atoms with Gasteiger partial charge in [-0.1, -0.05) is 31.1 Å². The second kappa shape index (κ2) is 4.86. The van der Waals surface area contributed by atoms with Crippen molar-refractivity contribution in [3.05, 3.63) is 11.6 Å². The first kappa shape index (κ1) is 11.1. The summed E-state index contributed by atoms with van der Waals surface area (Å²) in [7, 11) is -1.05. The molecule has 0 bridgehead atoms. The summed E-state index contributed by atoms with van der Waals surface area (Å²) in [6, 6.07) is 1.11. The molecule has 0 unspecified atom stereocenters. The molecule has 0 aliphatic rings. The fourth-order valence-electron chi connectivity index (χ4n) is 1.09. The van der Waals surface area contributed by atoms with E-state index in [2.05, 4.69) is 31.5 Å². The average molecular weight is 176 g/mol. The van der Waals surface area contributed by atoms with E-state index in [9.17, 15) is 0 Å². The molecule has 0 aliphatic carbocycles. The van der Waals surface area contributed by atoms with Gasteiger partial charge in [-0.2, -0.15) is 0 Å². The van der Waals surface area contributed by atoms with E-state index in [4.69, 9.17) is 12.8 Å². The van der Waals surface area contributed by atoms with Gasteiger partial charge in [0, 0.05) is 14.5 Å². The van der Waals surface area contributed by atoms with Crippen molar-refractivity contribution >= 4 is 8.07 Å². The molecule has 0 radical (unpaired) electrons. The van der Waals surface area contributed by atoms with Gasteiger partial charge < -0.3 is 0 Å². The standard InChI is InChI=1S/C11H16Si/c1-6-8-11(9-7-2)10-12(3,4)5/h1-2,8H,9-10H2,3-5H3/b11-8+. The maximum Gasteiger partial charge on any atom is 0.0484 e. The number of allylic oxidation sites excluding steroid dienone is 2. The van der Waals surface area contributed by atoms with Crippen molar-refractivity contribution in [3.63, 3.8) is 0 Å². The Balaban J connectivity index is 4.29. The van der Waals surface area contributed by atoms with Crippen LogP contribution in [0, 0.1) is 24.7 Å². The van der Waals surface area contributed by atoms with Crippen molar-refractivity contribution < 1.29 is 0 Å². The summed E-state index contributed by atoms with van der Waals surface area (Å²) in [5.41, 5.74) is 1.24. The molecule has 0 aromatic carbocycles. The van der Waals surface area contributed by atoms with Crippen molar-refractivity contribution in [3.8, 4) is 24.7 Å². The lowest BCUT2D eigenvalue weighted by atomic mass is 10.2. The molecule has 12 heavy (non-hydrogen) atoms. The molecule has 0 fully saturated rings. The molecule has 0 amide bonds. The van der Waals surface area contributed by atoms with Crippen molar-refractivity contribution in [2.24, 2.45) is 0 Å². The van der Waals surface area contributed by atoms with E-state index in [1.807, 2.05) is 6.08 Å². The number of hydrogen-bond acceptors (Lipinski definition) is 0. The zero-order valence-corrected chi connectivity index (χ0v) is 9.15. The van der Waals surface area contributed by atoms with Crippen LogP contribution in [-0.2, 0) is 0 Å². The van der Waals surface area contributed by atoms with Gasteiger partial charge in [-0.15, -0.1) is 18.8 Å². The van der Waals surface area contributed by atoms with Crippen LogP contribution in [0.15, 0.2) is 11.6 Å². The summed E-state index contributed by atoms with van der Waals surface area (Å²) in [5.74, 6) is 5.17. The van der Waals surface area contributed by atoms with Crippen LogP contribution in [0.2, 0.25) is 25.7 Å². The third-order valence-electron chi connectivity index (χ3n) is 1.37. The Morgan fingerprint density at radius 2 is 1.92 bits per heavy atom. The van der Waals surface area contributed by atoms with Gasteiger partial charge in [-0.3, -0.25) is 0 Å². The molecule has 0 saturated carbocycles. The Kier molecular flexibility index (Phi) is 4.48. The van der Waals surface area contributed by atoms with E-state index in [1.54, 1.807) is 0 Å². The Labute approximate surface area is 77.1 Å². The van der Waals surface area contributed by atoms with Crippen LogP contribution in [0.1, 0.15) is 6.42 Å². The average Bonchev–Trinajstić information content (AvgIpc) is 1.84. The minimum absolute atomic E-state index is 0.703. The molecule has 0 atom stereocenters. The van der Waals surface area contributed by atoms with Crippen LogP contribution in [0.4, 0.5) is 0 Å². The van der Waals surface area contributed by atoms with Gasteiger partial charge in [-0.25, -0.2) is 0 Å². The summed E-state index contributed by atoms with van der Waals surface area (Å²) in [4.78, 5) is 0. The maximum absolute atomic E-state index is 5.23. The first-order chi connectivity index (χ1) is 5.49. The maximum atomic E-state index is 5.23. The molecule has 0 N–H and O–H groups in total. The molecular weight excluding hydrogens is 160 g/mol. The van der Waals surface area contributed by atoms with Crippen LogP contribution < -0.4 is 0 Å². The van der Waals surface area contributed by atoms with Gasteiger partial charge in [0.1, 0.15) is 0 Å².